The number of hydrogen-bond acceptors (Lipinski definition) is 7. The first-order valence-electron chi connectivity index (χ1n) is 8.02. The Balaban J connectivity index is 2.39. The quantitative estimate of drug-likeness (QED) is 0.501. The molecule has 0 amide bonds. The van der Waals surface area contributed by atoms with Gasteiger partial charge in [0.15, 0.2) is 5.69 Å². The van der Waals surface area contributed by atoms with E-state index in [0.29, 0.717) is 25.3 Å². The third kappa shape index (κ3) is 5.07. The van der Waals surface area contributed by atoms with E-state index in [9.17, 15) is 18.3 Å². The number of alkyl halides is 3. The Kier molecular flexibility index (Phi) is 6.56. The number of nitrogens with two attached hydrogens (primary N) is 1. The van der Waals surface area contributed by atoms with Gasteiger partial charge in [-0.25, -0.2) is 4.98 Å². The van der Waals surface area contributed by atoms with Crippen LogP contribution in [0.15, 0.2) is 35.8 Å². The molecule has 0 aliphatic heterocycles. The van der Waals surface area contributed by atoms with Crippen molar-refractivity contribution in [1.82, 2.24) is 15.2 Å². The van der Waals surface area contributed by atoms with Crippen LogP contribution in [0.2, 0.25) is 0 Å². The van der Waals surface area contributed by atoms with Crippen LogP contribution >= 0.6 is 0 Å². The van der Waals surface area contributed by atoms with Gasteiger partial charge in [-0.3, -0.25) is 0 Å². The summed E-state index contributed by atoms with van der Waals surface area (Å²) in [4.78, 5) is 3.82. The lowest BCUT2D eigenvalue weighted by atomic mass is 10.2. The summed E-state index contributed by atoms with van der Waals surface area (Å²) in [6.45, 7) is 6.98. The number of ether oxygens (including phenoxy) is 1. The van der Waals surface area contributed by atoms with Crippen LogP contribution in [0.3, 0.4) is 0 Å². The summed E-state index contributed by atoms with van der Waals surface area (Å²) in [5.41, 5.74) is 4.12. The number of aliphatic hydroxyl groups is 1. The van der Waals surface area contributed by atoms with Gasteiger partial charge in [-0.05, 0) is 25.3 Å². The summed E-state index contributed by atoms with van der Waals surface area (Å²) in [5, 5.41) is 17.3. The molecule has 0 fully saturated rings. The number of nitrogen functional groups attached to an aromatic ring is 1. The largest absolute Gasteiger partial charge is 0.477 e. The van der Waals surface area contributed by atoms with Crippen molar-refractivity contribution in [1.29, 1.82) is 0 Å². The van der Waals surface area contributed by atoms with Gasteiger partial charge in [-0.1, -0.05) is 12.2 Å². The molecule has 0 saturated carbocycles. The van der Waals surface area contributed by atoms with Crippen molar-refractivity contribution in [2.24, 2.45) is 0 Å². The SMILES string of the molecule is C=CCCOc1nc(-c2nnc(C(O)CCC=C)o2)c(N)cc1C(F)(F)F. The molecule has 2 aromatic heterocycles. The first-order valence-corrected chi connectivity index (χ1v) is 8.02. The molecule has 0 aliphatic rings. The Labute approximate surface area is 153 Å². The predicted molar refractivity (Wildman–Crippen MR) is 91.6 cm³/mol. The molecule has 1 atom stereocenters. The van der Waals surface area contributed by atoms with Crippen LogP contribution in [0.5, 0.6) is 5.88 Å². The van der Waals surface area contributed by atoms with Crippen LogP contribution in [-0.4, -0.2) is 26.9 Å². The van der Waals surface area contributed by atoms with Crippen molar-refractivity contribution < 1.29 is 27.4 Å². The van der Waals surface area contributed by atoms with Crippen molar-refractivity contribution in [3.8, 4) is 17.5 Å². The molecule has 27 heavy (non-hydrogen) atoms. The highest BCUT2D eigenvalue weighted by atomic mass is 19.4. The standard InChI is InChI=1S/C17H19F3N4O3/c1-3-5-7-12(25)15-23-24-16(27-15)13-11(21)9-10(17(18,19)20)14(22-13)26-8-6-4-2/h3-4,9,12,25H,1-2,5-8,21H2. The molecule has 0 saturated heterocycles. The third-order valence-corrected chi connectivity index (χ3v) is 3.46. The second-order valence-corrected chi connectivity index (χ2v) is 5.53. The Morgan fingerprint density at radius 3 is 2.59 bits per heavy atom. The molecule has 146 valence electrons. The highest BCUT2D eigenvalue weighted by molar-refractivity contribution is 5.68. The lowest BCUT2D eigenvalue weighted by Crippen LogP contribution is -2.12. The van der Waals surface area contributed by atoms with Crippen LogP contribution in [0.1, 0.15) is 36.8 Å². The fourth-order valence-electron chi connectivity index (χ4n) is 2.10. The molecule has 2 heterocycles. The van der Waals surface area contributed by atoms with E-state index in [0.717, 1.165) is 0 Å². The molecule has 3 N–H and O–H groups in total. The molecule has 0 spiro atoms. The van der Waals surface area contributed by atoms with E-state index in [-0.39, 0.29) is 29.8 Å². The normalized spacial score (nSPS) is 12.6. The molecule has 0 aromatic carbocycles. The monoisotopic (exact) mass is 384 g/mol. The van der Waals surface area contributed by atoms with E-state index in [2.05, 4.69) is 28.3 Å². The van der Waals surface area contributed by atoms with Gasteiger partial charge < -0.3 is 20.0 Å². The number of rotatable bonds is 9. The van der Waals surface area contributed by atoms with Crippen molar-refractivity contribution >= 4 is 5.69 Å². The minimum atomic E-state index is -4.70. The Morgan fingerprint density at radius 2 is 1.96 bits per heavy atom. The maximum absolute atomic E-state index is 13.2. The number of allylic oxidation sites excluding steroid dienone is 1. The van der Waals surface area contributed by atoms with E-state index < -0.39 is 23.7 Å². The predicted octanol–water partition coefficient (Wildman–Crippen LogP) is 3.69. The number of anilines is 1. The van der Waals surface area contributed by atoms with E-state index in [1.807, 2.05) is 0 Å². The summed E-state index contributed by atoms with van der Waals surface area (Å²) in [6, 6.07) is 0.698. The topological polar surface area (TPSA) is 107 Å². The summed E-state index contributed by atoms with van der Waals surface area (Å²) >= 11 is 0. The second-order valence-electron chi connectivity index (χ2n) is 5.53. The molecule has 2 aromatic rings. The second kappa shape index (κ2) is 8.67. The number of pyridine rings is 1. The summed E-state index contributed by atoms with van der Waals surface area (Å²) < 4.78 is 50.1. The van der Waals surface area contributed by atoms with Crippen molar-refractivity contribution in [2.75, 3.05) is 12.3 Å². The smallest absolute Gasteiger partial charge is 0.421 e. The van der Waals surface area contributed by atoms with Crippen LogP contribution in [0.25, 0.3) is 11.6 Å². The van der Waals surface area contributed by atoms with Crippen molar-refractivity contribution in [3.05, 3.63) is 42.8 Å². The average molecular weight is 384 g/mol. The highest BCUT2D eigenvalue weighted by Crippen LogP contribution is 2.39. The molecular weight excluding hydrogens is 365 g/mol. The first kappa shape index (κ1) is 20.4. The highest BCUT2D eigenvalue weighted by Gasteiger charge is 2.37. The van der Waals surface area contributed by atoms with Crippen molar-refractivity contribution in [2.45, 2.75) is 31.5 Å². The Bertz CT molecular complexity index is 805. The van der Waals surface area contributed by atoms with Crippen LogP contribution in [0, 0.1) is 0 Å². The zero-order chi connectivity index (χ0) is 20.0. The molecule has 7 nitrogen and oxygen atoms in total. The van der Waals surface area contributed by atoms with Crippen LogP contribution in [-0.2, 0) is 6.18 Å². The lowest BCUT2D eigenvalue weighted by molar-refractivity contribution is -0.139. The molecule has 0 bridgehead atoms. The van der Waals surface area contributed by atoms with Gasteiger partial charge in [-0.2, -0.15) is 13.2 Å². The third-order valence-electron chi connectivity index (χ3n) is 3.46. The molecular formula is C17H19F3N4O3. The van der Waals surface area contributed by atoms with Gasteiger partial charge in [0.1, 0.15) is 11.7 Å². The minimum absolute atomic E-state index is 0.0434. The van der Waals surface area contributed by atoms with Gasteiger partial charge in [0.25, 0.3) is 5.89 Å². The molecule has 10 heteroatoms. The fraction of sp³-hybridized carbons (Fsp3) is 0.353. The zero-order valence-electron chi connectivity index (χ0n) is 14.4. The Hall–Kier alpha value is -2.88. The molecule has 2 rings (SSSR count). The number of halogens is 3. The van der Waals surface area contributed by atoms with Gasteiger partial charge in [0.2, 0.25) is 11.8 Å². The average Bonchev–Trinajstić information content (AvgIpc) is 3.09. The van der Waals surface area contributed by atoms with Gasteiger partial charge in [0.05, 0.1) is 12.3 Å². The summed E-state index contributed by atoms with van der Waals surface area (Å²) in [6.07, 6.45) is -1.48. The number of aliphatic hydroxyl groups excluding tert-OH is 1. The number of hydrogen-bond donors (Lipinski definition) is 2. The maximum Gasteiger partial charge on any atom is 0.421 e. The maximum atomic E-state index is 13.2. The van der Waals surface area contributed by atoms with E-state index in [1.165, 1.54) is 6.08 Å². The van der Waals surface area contributed by atoms with Crippen LogP contribution < -0.4 is 10.5 Å². The van der Waals surface area contributed by atoms with Crippen LogP contribution in [0.4, 0.5) is 18.9 Å². The molecule has 0 radical (unpaired) electrons. The van der Waals surface area contributed by atoms with E-state index in [1.54, 1.807) is 6.08 Å². The van der Waals surface area contributed by atoms with E-state index in [4.69, 9.17) is 14.9 Å². The van der Waals surface area contributed by atoms with Gasteiger partial charge >= 0.3 is 6.18 Å². The van der Waals surface area contributed by atoms with Crippen molar-refractivity contribution in [3.63, 3.8) is 0 Å². The minimum Gasteiger partial charge on any atom is -0.477 e. The fourth-order valence-corrected chi connectivity index (χ4v) is 2.10. The first-order chi connectivity index (χ1) is 12.8. The zero-order valence-corrected chi connectivity index (χ0v) is 14.4. The number of nitrogens with zero attached hydrogens (tertiary/aromatic N) is 3. The Morgan fingerprint density at radius 1 is 1.26 bits per heavy atom. The van der Waals surface area contributed by atoms with Gasteiger partial charge in [0, 0.05) is 0 Å². The summed E-state index contributed by atoms with van der Waals surface area (Å²) in [5.74, 6) is -0.968. The lowest BCUT2D eigenvalue weighted by Gasteiger charge is -2.14. The molecule has 1 unspecified atom stereocenters. The van der Waals surface area contributed by atoms with Gasteiger partial charge in [-0.15, -0.1) is 23.4 Å². The molecule has 0 aliphatic carbocycles. The van der Waals surface area contributed by atoms with E-state index >= 15 is 0 Å². The number of aromatic nitrogens is 3. The summed E-state index contributed by atoms with van der Waals surface area (Å²) in [7, 11) is 0.